The standard InChI is InChI=1S/C14H25N3O6P2.4Na/c1-11(2)5-4-6-12(3)7-8-17-10-13(15-16-17)9-14(24(18,19)20)25(21,22)23;;;;/h5,7,10,14H,4,6,8-9H2,1-3H3,(H2,18,19,20)(H2,21,22,23);;;;/q;4*+1/p-4/b12-7+;;;;. The average Bonchev–Trinajstić information content (AvgIpc) is 2.87. The molecule has 9 nitrogen and oxygen atoms in total. The van der Waals surface area contributed by atoms with Gasteiger partial charge < -0.3 is 28.7 Å². The summed E-state index contributed by atoms with van der Waals surface area (Å²) in [4.78, 5) is 43.9. The summed E-state index contributed by atoms with van der Waals surface area (Å²) in [6.07, 6.45) is 6.35. The van der Waals surface area contributed by atoms with Crippen LogP contribution in [0.25, 0.3) is 0 Å². The van der Waals surface area contributed by atoms with E-state index in [4.69, 9.17) is 0 Å². The van der Waals surface area contributed by atoms with Crippen LogP contribution in [-0.2, 0) is 22.1 Å². The summed E-state index contributed by atoms with van der Waals surface area (Å²) in [5.41, 5.74) is 2.32. The fraction of sp³-hybridized carbons (Fsp3) is 0.571. The van der Waals surface area contributed by atoms with Crippen LogP contribution < -0.4 is 138 Å². The van der Waals surface area contributed by atoms with Crippen molar-refractivity contribution in [2.75, 3.05) is 0 Å². The fourth-order valence-corrected chi connectivity index (χ4v) is 4.25. The average molecular weight is 481 g/mol. The van der Waals surface area contributed by atoms with E-state index in [9.17, 15) is 28.7 Å². The summed E-state index contributed by atoms with van der Waals surface area (Å²) in [6, 6.07) is 0. The van der Waals surface area contributed by atoms with Gasteiger partial charge in [-0.25, -0.2) is 4.68 Å². The molecule has 0 atom stereocenters. The molecule has 0 fully saturated rings. The summed E-state index contributed by atoms with van der Waals surface area (Å²) in [5.74, 6) is 0. The second-order valence-electron chi connectivity index (χ2n) is 6.07. The van der Waals surface area contributed by atoms with Gasteiger partial charge in [0, 0.05) is 18.0 Å². The number of rotatable bonds is 9. The van der Waals surface area contributed by atoms with E-state index in [-0.39, 0.29) is 124 Å². The Morgan fingerprint density at radius 2 is 1.55 bits per heavy atom. The first-order valence-electron chi connectivity index (χ1n) is 7.61. The van der Waals surface area contributed by atoms with E-state index >= 15 is 0 Å². The van der Waals surface area contributed by atoms with Gasteiger partial charge in [-0.3, -0.25) is 0 Å². The van der Waals surface area contributed by atoms with E-state index in [1.54, 1.807) is 0 Å². The van der Waals surface area contributed by atoms with Crippen molar-refractivity contribution in [3.63, 3.8) is 0 Å². The van der Waals surface area contributed by atoms with Gasteiger partial charge in [0.15, 0.2) is 0 Å². The van der Waals surface area contributed by atoms with Crippen LogP contribution in [0.2, 0.25) is 0 Å². The van der Waals surface area contributed by atoms with E-state index in [2.05, 4.69) is 16.4 Å². The molecule has 1 heterocycles. The Hall–Kier alpha value is 2.92. The molecule has 0 aliphatic carbocycles. The Morgan fingerprint density at radius 3 is 2.00 bits per heavy atom. The Labute approximate surface area is 260 Å². The molecule has 142 valence electrons. The van der Waals surface area contributed by atoms with E-state index in [0.29, 0.717) is 6.54 Å². The third-order valence-corrected chi connectivity index (χ3v) is 6.95. The Bertz CT molecular complexity index is 721. The van der Waals surface area contributed by atoms with Gasteiger partial charge in [-0.05, 0) is 33.6 Å². The van der Waals surface area contributed by atoms with Crippen molar-refractivity contribution >= 4 is 15.2 Å². The molecule has 0 saturated heterocycles. The van der Waals surface area contributed by atoms with Gasteiger partial charge in [0.2, 0.25) is 0 Å². The molecular weight excluding hydrogens is 460 g/mol. The Morgan fingerprint density at radius 1 is 1.03 bits per heavy atom. The largest absolute Gasteiger partial charge is 1.00 e. The molecule has 1 aromatic rings. The molecular formula is C14H21N3Na4O6P2. The van der Waals surface area contributed by atoms with Crippen molar-refractivity contribution in [2.24, 2.45) is 0 Å². The smallest absolute Gasteiger partial charge is 0.810 e. The molecule has 0 aliphatic rings. The summed E-state index contributed by atoms with van der Waals surface area (Å²) < 4.78 is 23.3. The summed E-state index contributed by atoms with van der Waals surface area (Å²) in [7, 11) is -11.2. The minimum atomic E-state index is -5.59. The van der Waals surface area contributed by atoms with Crippen molar-refractivity contribution in [2.45, 2.75) is 52.0 Å². The molecule has 0 aromatic carbocycles. The van der Waals surface area contributed by atoms with Crippen LogP contribution in [-0.4, -0.2) is 20.4 Å². The molecule has 0 N–H and O–H groups in total. The predicted molar refractivity (Wildman–Crippen MR) is 85.1 cm³/mol. The van der Waals surface area contributed by atoms with Crippen LogP contribution in [0.3, 0.4) is 0 Å². The van der Waals surface area contributed by atoms with Crippen molar-refractivity contribution in [1.82, 2.24) is 15.0 Å². The quantitative estimate of drug-likeness (QED) is 0.191. The zero-order chi connectivity index (χ0) is 19.3. The van der Waals surface area contributed by atoms with Gasteiger partial charge in [0.25, 0.3) is 0 Å². The number of aromatic nitrogens is 3. The minimum absolute atomic E-state index is 0. The van der Waals surface area contributed by atoms with Crippen molar-refractivity contribution in [3.8, 4) is 0 Å². The first-order valence-corrected chi connectivity index (χ1v) is 10.8. The van der Waals surface area contributed by atoms with Crippen LogP contribution in [0.15, 0.2) is 29.5 Å². The predicted octanol–water partition coefficient (Wildman–Crippen LogP) is -12.3. The molecule has 0 saturated carbocycles. The molecule has 0 aliphatic heterocycles. The first-order chi connectivity index (χ1) is 11.4. The van der Waals surface area contributed by atoms with E-state index < -0.39 is 27.0 Å². The maximum absolute atomic E-state index is 11.0. The Balaban J connectivity index is -0.000000781. The van der Waals surface area contributed by atoms with Gasteiger partial charge in [-0.1, -0.05) is 43.7 Å². The van der Waals surface area contributed by atoms with Gasteiger partial charge >= 0.3 is 118 Å². The molecule has 0 radical (unpaired) electrons. The monoisotopic (exact) mass is 481 g/mol. The first kappa shape index (κ1) is 39.1. The summed E-state index contributed by atoms with van der Waals surface area (Å²) in [6.45, 7) is 6.36. The molecule has 0 bridgehead atoms. The van der Waals surface area contributed by atoms with Gasteiger partial charge in [-0.15, -0.1) is 5.10 Å². The number of hydrogen-bond acceptors (Lipinski definition) is 8. The molecule has 0 spiro atoms. The number of hydrogen-bond donors (Lipinski definition) is 0. The third kappa shape index (κ3) is 17.1. The molecule has 1 aromatic heterocycles. The van der Waals surface area contributed by atoms with E-state index in [0.717, 1.165) is 18.4 Å². The minimum Gasteiger partial charge on any atom is -0.810 e. The van der Waals surface area contributed by atoms with Gasteiger partial charge in [0.05, 0.1) is 12.2 Å². The van der Waals surface area contributed by atoms with Gasteiger partial charge in [-0.2, -0.15) is 0 Å². The maximum Gasteiger partial charge on any atom is 1.00 e. The summed E-state index contributed by atoms with van der Waals surface area (Å²) in [5, 5.41) is 4.81. The topological polar surface area (TPSA) is 157 Å². The van der Waals surface area contributed by atoms with Crippen molar-refractivity contribution in [1.29, 1.82) is 0 Å². The zero-order valence-electron chi connectivity index (χ0n) is 18.3. The van der Waals surface area contributed by atoms with Gasteiger partial charge in [0.1, 0.15) is 0 Å². The summed E-state index contributed by atoms with van der Waals surface area (Å²) >= 11 is 0. The van der Waals surface area contributed by atoms with Crippen molar-refractivity contribution < 1.29 is 147 Å². The molecule has 0 unspecified atom stereocenters. The van der Waals surface area contributed by atoms with E-state index in [1.165, 1.54) is 16.5 Å². The van der Waals surface area contributed by atoms with Crippen LogP contribution in [0.5, 0.6) is 0 Å². The van der Waals surface area contributed by atoms with Crippen LogP contribution in [0.1, 0.15) is 39.3 Å². The normalized spacial score (nSPS) is 11.5. The second-order valence-corrected chi connectivity index (χ2v) is 9.88. The molecule has 29 heavy (non-hydrogen) atoms. The van der Waals surface area contributed by atoms with E-state index in [1.807, 2.05) is 26.8 Å². The van der Waals surface area contributed by atoms with Crippen LogP contribution in [0, 0.1) is 0 Å². The number of nitrogens with zero attached hydrogens (tertiary/aromatic N) is 3. The zero-order valence-corrected chi connectivity index (χ0v) is 28.1. The van der Waals surface area contributed by atoms with Crippen molar-refractivity contribution in [3.05, 3.63) is 35.2 Å². The SMILES string of the molecule is CC(C)=CCC/C(C)=C/Cn1cc(CC(P(=O)([O-])[O-])P(=O)([O-])[O-])nn1.[Na+].[Na+].[Na+].[Na+]. The molecule has 1 rings (SSSR count). The molecule has 15 heteroatoms. The Kier molecular flexibility index (Phi) is 24.7. The maximum atomic E-state index is 11.0. The third-order valence-electron chi connectivity index (χ3n) is 3.43. The molecule has 0 amide bonds. The van der Waals surface area contributed by atoms with Crippen LogP contribution >= 0.6 is 15.2 Å². The second kappa shape index (κ2) is 18.3. The number of allylic oxidation sites excluding steroid dienone is 4. The van der Waals surface area contributed by atoms with Crippen LogP contribution in [0.4, 0.5) is 0 Å². The fourth-order valence-electron chi connectivity index (χ4n) is 2.05.